The van der Waals surface area contributed by atoms with Crippen LogP contribution in [0.4, 0.5) is 6.01 Å². The second-order valence-electron chi connectivity index (χ2n) is 3.45. The minimum absolute atomic E-state index is 0.0965. The van der Waals surface area contributed by atoms with Gasteiger partial charge in [-0.15, -0.1) is 5.10 Å². The van der Waals surface area contributed by atoms with E-state index < -0.39 is 0 Å². The van der Waals surface area contributed by atoms with E-state index in [4.69, 9.17) is 10.2 Å². The number of nitrogens with zero attached hydrogens (tertiary/aromatic N) is 2. The fourth-order valence-electron chi connectivity index (χ4n) is 1.13. The fourth-order valence-corrected chi connectivity index (χ4v) is 1.13. The molecule has 1 heterocycles. The number of aryl methyl sites for hydroxylation is 1. The molecule has 15 heavy (non-hydrogen) atoms. The molecule has 0 aliphatic heterocycles. The van der Waals surface area contributed by atoms with Gasteiger partial charge in [-0.05, 0) is 19.4 Å². The predicted molar refractivity (Wildman–Crippen MR) is 55.1 cm³/mol. The Kier molecular flexibility index (Phi) is 4.23. The van der Waals surface area contributed by atoms with Crippen LogP contribution < -0.4 is 11.1 Å². The van der Waals surface area contributed by atoms with E-state index in [0.717, 1.165) is 12.8 Å². The molecule has 84 valence electrons. The van der Waals surface area contributed by atoms with Crippen molar-refractivity contribution in [3.8, 4) is 0 Å². The first kappa shape index (κ1) is 11.6. The molecule has 1 atom stereocenters. The second kappa shape index (κ2) is 5.45. The molecule has 1 aromatic rings. The Bertz CT molecular complexity index is 324. The molecule has 0 spiro atoms. The van der Waals surface area contributed by atoms with Crippen molar-refractivity contribution in [1.82, 2.24) is 10.2 Å². The van der Waals surface area contributed by atoms with Crippen LogP contribution in [0, 0.1) is 12.8 Å². The van der Waals surface area contributed by atoms with Crippen molar-refractivity contribution in [2.45, 2.75) is 26.7 Å². The molecule has 0 aliphatic carbocycles. The molecular weight excluding hydrogens is 196 g/mol. The van der Waals surface area contributed by atoms with Gasteiger partial charge in [-0.1, -0.05) is 12.0 Å². The summed E-state index contributed by atoms with van der Waals surface area (Å²) in [4.78, 5) is 11.5. The molecule has 1 aromatic heterocycles. The number of aromatic nitrogens is 2. The largest absolute Gasteiger partial charge is 0.408 e. The zero-order valence-electron chi connectivity index (χ0n) is 8.99. The lowest BCUT2D eigenvalue weighted by Crippen LogP contribution is -2.21. The number of anilines is 1. The van der Waals surface area contributed by atoms with Gasteiger partial charge in [0.2, 0.25) is 11.8 Å². The highest BCUT2D eigenvalue weighted by molar-refractivity contribution is 5.90. The topological polar surface area (TPSA) is 94.0 Å². The van der Waals surface area contributed by atoms with Crippen LogP contribution in [0.15, 0.2) is 4.42 Å². The molecule has 0 aliphatic rings. The van der Waals surface area contributed by atoms with Crippen LogP contribution in [0.3, 0.4) is 0 Å². The lowest BCUT2D eigenvalue weighted by Gasteiger charge is -2.08. The van der Waals surface area contributed by atoms with Crippen LogP contribution in [0.5, 0.6) is 0 Å². The van der Waals surface area contributed by atoms with Gasteiger partial charge in [-0.2, -0.15) is 0 Å². The molecule has 1 amide bonds. The van der Waals surface area contributed by atoms with E-state index in [-0.39, 0.29) is 17.8 Å². The summed E-state index contributed by atoms with van der Waals surface area (Å²) in [5, 5.41) is 9.84. The first-order valence-corrected chi connectivity index (χ1v) is 4.94. The van der Waals surface area contributed by atoms with Crippen molar-refractivity contribution in [3.05, 3.63) is 5.89 Å². The van der Waals surface area contributed by atoms with E-state index in [9.17, 15) is 4.79 Å². The quantitative estimate of drug-likeness (QED) is 0.748. The van der Waals surface area contributed by atoms with Crippen molar-refractivity contribution >= 4 is 11.9 Å². The molecule has 0 aromatic carbocycles. The van der Waals surface area contributed by atoms with Gasteiger partial charge in [-0.3, -0.25) is 10.1 Å². The van der Waals surface area contributed by atoms with Crippen LogP contribution in [0.2, 0.25) is 0 Å². The van der Waals surface area contributed by atoms with Gasteiger partial charge >= 0.3 is 6.01 Å². The van der Waals surface area contributed by atoms with Gasteiger partial charge in [0.1, 0.15) is 0 Å². The first-order chi connectivity index (χ1) is 7.13. The maximum atomic E-state index is 11.5. The summed E-state index contributed by atoms with van der Waals surface area (Å²) in [5.41, 5.74) is 5.36. The van der Waals surface area contributed by atoms with E-state index in [0.29, 0.717) is 12.4 Å². The summed E-state index contributed by atoms with van der Waals surface area (Å²) >= 11 is 0. The van der Waals surface area contributed by atoms with Crippen molar-refractivity contribution in [3.63, 3.8) is 0 Å². The predicted octanol–water partition coefficient (Wildman–Crippen LogP) is 0.692. The Labute approximate surface area is 88.2 Å². The third-order valence-electron chi connectivity index (χ3n) is 2.05. The van der Waals surface area contributed by atoms with E-state index in [2.05, 4.69) is 15.5 Å². The molecular formula is C9H16N4O2. The number of rotatable bonds is 5. The number of hydrogen-bond acceptors (Lipinski definition) is 5. The Morgan fingerprint density at radius 3 is 2.87 bits per heavy atom. The third kappa shape index (κ3) is 3.67. The van der Waals surface area contributed by atoms with Crippen LogP contribution in [-0.4, -0.2) is 22.6 Å². The number of nitrogens with two attached hydrogens (primary N) is 1. The smallest absolute Gasteiger partial charge is 0.322 e. The molecule has 6 heteroatoms. The Hall–Kier alpha value is -1.43. The van der Waals surface area contributed by atoms with E-state index in [1.807, 2.05) is 6.92 Å². The standard InChI is InChI=1S/C9H16N4O2/c1-6(4-3-5-10)8(14)11-9-13-12-7(2)15-9/h6H,3-5,10H2,1-2H3,(H,11,13,14). The number of nitrogens with one attached hydrogen (secondary N) is 1. The zero-order valence-corrected chi connectivity index (χ0v) is 8.99. The number of carbonyl (C=O) groups excluding carboxylic acids is 1. The molecule has 6 nitrogen and oxygen atoms in total. The highest BCUT2D eigenvalue weighted by Gasteiger charge is 2.14. The summed E-state index contributed by atoms with van der Waals surface area (Å²) in [5.74, 6) is 0.216. The Morgan fingerprint density at radius 2 is 2.33 bits per heavy atom. The van der Waals surface area contributed by atoms with Crippen molar-refractivity contribution in [2.75, 3.05) is 11.9 Å². The lowest BCUT2D eigenvalue weighted by molar-refractivity contribution is -0.119. The minimum atomic E-state index is -0.118. The van der Waals surface area contributed by atoms with Crippen LogP contribution in [-0.2, 0) is 4.79 Å². The molecule has 1 rings (SSSR count). The van der Waals surface area contributed by atoms with E-state index >= 15 is 0 Å². The van der Waals surface area contributed by atoms with Crippen molar-refractivity contribution in [2.24, 2.45) is 11.7 Å². The highest BCUT2D eigenvalue weighted by Crippen LogP contribution is 2.09. The second-order valence-corrected chi connectivity index (χ2v) is 3.45. The SMILES string of the molecule is Cc1nnc(NC(=O)C(C)CCCN)o1. The van der Waals surface area contributed by atoms with Gasteiger partial charge in [0.25, 0.3) is 0 Å². The Balaban J connectivity index is 2.41. The maximum Gasteiger partial charge on any atom is 0.322 e. The summed E-state index contributed by atoms with van der Waals surface area (Å²) in [6.45, 7) is 4.10. The van der Waals surface area contributed by atoms with Gasteiger partial charge in [0.05, 0.1) is 0 Å². The summed E-state index contributed by atoms with van der Waals surface area (Å²) in [6.07, 6.45) is 1.59. The zero-order chi connectivity index (χ0) is 11.3. The molecule has 0 saturated heterocycles. The minimum Gasteiger partial charge on any atom is -0.408 e. The molecule has 3 N–H and O–H groups in total. The van der Waals surface area contributed by atoms with E-state index in [1.54, 1.807) is 6.92 Å². The van der Waals surface area contributed by atoms with Crippen molar-refractivity contribution in [1.29, 1.82) is 0 Å². The number of hydrogen-bond donors (Lipinski definition) is 2. The first-order valence-electron chi connectivity index (χ1n) is 4.94. The maximum absolute atomic E-state index is 11.5. The summed E-state index contributed by atoms with van der Waals surface area (Å²) in [6, 6.07) is 0.150. The molecule has 0 fully saturated rings. The van der Waals surface area contributed by atoms with Crippen LogP contribution in [0.25, 0.3) is 0 Å². The van der Waals surface area contributed by atoms with E-state index in [1.165, 1.54) is 0 Å². The number of carbonyl (C=O) groups is 1. The number of amides is 1. The lowest BCUT2D eigenvalue weighted by atomic mass is 10.1. The van der Waals surface area contributed by atoms with Crippen molar-refractivity contribution < 1.29 is 9.21 Å². The average molecular weight is 212 g/mol. The third-order valence-corrected chi connectivity index (χ3v) is 2.05. The average Bonchev–Trinajstić information content (AvgIpc) is 2.60. The van der Waals surface area contributed by atoms with Crippen LogP contribution >= 0.6 is 0 Å². The molecule has 0 radical (unpaired) electrons. The van der Waals surface area contributed by atoms with Gasteiger partial charge in [0, 0.05) is 12.8 Å². The summed E-state index contributed by atoms with van der Waals surface area (Å²) in [7, 11) is 0. The molecule has 0 saturated carbocycles. The van der Waals surface area contributed by atoms with Crippen LogP contribution in [0.1, 0.15) is 25.7 Å². The summed E-state index contributed by atoms with van der Waals surface area (Å²) < 4.78 is 5.03. The Morgan fingerprint density at radius 1 is 1.60 bits per heavy atom. The monoisotopic (exact) mass is 212 g/mol. The molecule has 1 unspecified atom stereocenters. The van der Waals surface area contributed by atoms with Gasteiger partial charge in [0.15, 0.2) is 0 Å². The van der Waals surface area contributed by atoms with Gasteiger partial charge in [-0.25, -0.2) is 0 Å². The molecule has 0 bridgehead atoms. The normalized spacial score (nSPS) is 12.5. The van der Waals surface area contributed by atoms with Gasteiger partial charge < -0.3 is 10.2 Å². The highest BCUT2D eigenvalue weighted by atomic mass is 16.4. The fraction of sp³-hybridized carbons (Fsp3) is 0.667.